The monoisotopic (exact) mass is 447 g/mol. The first kappa shape index (κ1) is 19.1. The smallest absolute Gasteiger partial charge is 0.291 e. The highest BCUT2D eigenvalue weighted by Gasteiger charge is 2.16. The third kappa shape index (κ3) is 4.72. The first-order chi connectivity index (χ1) is 12.9. The second kappa shape index (κ2) is 8.32. The van der Waals surface area contributed by atoms with Gasteiger partial charge in [0.1, 0.15) is 5.82 Å². The van der Waals surface area contributed by atoms with Crippen LogP contribution in [0.25, 0.3) is 5.69 Å². The molecule has 0 aliphatic carbocycles. The number of nitrogens with one attached hydrogen (secondary N) is 2. The number of carbonyl (C=O) groups is 2. The minimum absolute atomic E-state index is 0.0175. The molecule has 0 spiro atoms. The lowest BCUT2D eigenvalue weighted by atomic mass is 10.3. The molecular weight excluding hydrogens is 434 g/mol. The van der Waals surface area contributed by atoms with Gasteiger partial charge in [0.25, 0.3) is 5.91 Å². The first-order valence-electron chi connectivity index (χ1n) is 7.96. The van der Waals surface area contributed by atoms with Crippen LogP contribution in [0.2, 0.25) is 5.02 Å². The van der Waals surface area contributed by atoms with Crippen molar-refractivity contribution in [3.8, 4) is 5.69 Å². The van der Waals surface area contributed by atoms with Gasteiger partial charge in [0.05, 0.1) is 17.9 Å². The average Bonchev–Trinajstić information content (AvgIpc) is 3.04. The minimum Gasteiger partial charge on any atom is -0.340 e. The van der Waals surface area contributed by atoms with Crippen molar-refractivity contribution in [2.45, 2.75) is 6.92 Å². The van der Waals surface area contributed by atoms with Gasteiger partial charge in [-0.1, -0.05) is 23.7 Å². The number of carbonyl (C=O) groups excluding carboxylic acids is 2. The Balaban J connectivity index is 1.63. The van der Waals surface area contributed by atoms with Gasteiger partial charge in [-0.2, -0.15) is 0 Å². The number of rotatable bonds is 5. The average molecular weight is 449 g/mol. The fourth-order valence-corrected chi connectivity index (χ4v) is 2.82. The van der Waals surface area contributed by atoms with E-state index in [2.05, 4.69) is 36.6 Å². The van der Waals surface area contributed by atoms with E-state index in [-0.39, 0.29) is 18.3 Å². The van der Waals surface area contributed by atoms with Gasteiger partial charge in [0, 0.05) is 9.50 Å². The molecule has 0 fully saturated rings. The summed E-state index contributed by atoms with van der Waals surface area (Å²) in [4.78, 5) is 28.4. The summed E-state index contributed by atoms with van der Waals surface area (Å²) in [5, 5.41) is 10.0. The van der Waals surface area contributed by atoms with E-state index < -0.39 is 5.91 Å². The lowest BCUT2D eigenvalue weighted by molar-refractivity contribution is -0.115. The largest absolute Gasteiger partial charge is 0.340 e. The van der Waals surface area contributed by atoms with E-state index in [0.29, 0.717) is 16.5 Å². The molecule has 138 valence electrons. The van der Waals surface area contributed by atoms with Crippen molar-refractivity contribution in [3.05, 3.63) is 69.7 Å². The number of nitrogens with zero attached hydrogens (tertiary/aromatic N) is 3. The molecule has 0 unspecified atom stereocenters. The summed E-state index contributed by atoms with van der Waals surface area (Å²) in [6.45, 7) is 1.53. The third-order valence-corrected chi connectivity index (χ3v) is 4.54. The van der Waals surface area contributed by atoms with E-state index in [4.69, 9.17) is 11.6 Å². The fraction of sp³-hybridized carbons (Fsp3) is 0.111. The molecule has 0 saturated heterocycles. The van der Waals surface area contributed by atoms with Crippen LogP contribution in [0.4, 0.5) is 5.69 Å². The minimum atomic E-state index is -0.534. The quantitative estimate of drug-likeness (QED) is 0.626. The standard InChI is InChI=1S/C18H15BrClN5O2/c1-11-22-17(24-25(11)13-8-6-12(20)7-9-13)18(27)21-10-16(26)23-15-5-3-2-4-14(15)19/h2-9H,10H2,1H3,(H,21,27)(H,23,26). The summed E-state index contributed by atoms with van der Waals surface area (Å²) in [6.07, 6.45) is 0. The topological polar surface area (TPSA) is 88.9 Å². The van der Waals surface area contributed by atoms with E-state index in [0.717, 1.165) is 10.2 Å². The maximum Gasteiger partial charge on any atom is 0.291 e. The molecule has 9 heteroatoms. The van der Waals surface area contributed by atoms with Gasteiger partial charge < -0.3 is 10.6 Å². The first-order valence-corrected chi connectivity index (χ1v) is 9.13. The predicted molar refractivity (Wildman–Crippen MR) is 106 cm³/mol. The van der Waals surface area contributed by atoms with Crippen molar-refractivity contribution >= 4 is 45.0 Å². The summed E-state index contributed by atoms with van der Waals surface area (Å²) in [6, 6.07) is 14.2. The van der Waals surface area contributed by atoms with Gasteiger partial charge in [-0.25, -0.2) is 9.67 Å². The van der Waals surface area contributed by atoms with Crippen LogP contribution in [0.5, 0.6) is 0 Å². The number of anilines is 1. The second-order valence-electron chi connectivity index (χ2n) is 5.58. The highest BCUT2D eigenvalue weighted by molar-refractivity contribution is 9.10. The number of para-hydroxylation sites is 1. The van der Waals surface area contributed by atoms with Gasteiger partial charge in [-0.05, 0) is 59.3 Å². The second-order valence-corrected chi connectivity index (χ2v) is 6.87. The van der Waals surface area contributed by atoms with Crippen LogP contribution in [0, 0.1) is 6.92 Å². The molecule has 2 N–H and O–H groups in total. The van der Waals surface area contributed by atoms with Crippen molar-refractivity contribution in [2.75, 3.05) is 11.9 Å². The molecule has 0 radical (unpaired) electrons. The van der Waals surface area contributed by atoms with Crippen LogP contribution in [-0.4, -0.2) is 33.1 Å². The molecule has 1 aromatic heterocycles. The lowest BCUT2D eigenvalue weighted by Crippen LogP contribution is -2.33. The van der Waals surface area contributed by atoms with E-state index in [1.165, 1.54) is 4.68 Å². The Kier molecular flexibility index (Phi) is 5.88. The highest BCUT2D eigenvalue weighted by atomic mass is 79.9. The normalized spacial score (nSPS) is 10.5. The highest BCUT2D eigenvalue weighted by Crippen LogP contribution is 2.20. The Morgan fingerprint density at radius 2 is 1.85 bits per heavy atom. The number of hydrogen-bond donors (Lipinski definition) is 2. The molecule has 1 heterocycles. The Bertz CT molecular complexity index is 988. The van der Waals surface area contributed by atoms with E-state index in [1.54, 1.807) is 43.3 Å². The van der Waals surface area contributed by atoms with Crippen LogP contribution >= 0.6 is 27.5 Å². The lowest BCUT2D eigenvalue weighted by Gasteiger charge is -2.07. The Morgan fingerprint density at radius 3 is 2.56 bits per heavy atom. The Labute approximate surface area is 168 Å². The number of hydrogen-bond acceptors (Lipinski definition) is 4. The van der Waals surface area contributed by atoms with Crippen LogP contribution in [0.1, 0.15) is 16.4 Å². The van der Waals surface area contributed by atoms with Crippen molar-refractivity contribution in [1.29, 1.82) is 0 Å². The maximum absolute atomic E-state index is 12.3. The molecule has 0 bridgehead atoms. The van der Waals surface area contributed by atoms with E-state index in [9.17, 15) is 9.59 Å². The number of halogens is 2. The molecule has 3 aromatic rings. The Hall–Kier alpha value is -2.71. The predicted octanol–water partition coefficient (Wildman–Crippen LogP) is 3.36. The molecular formula is C18H15BrClN5O2. The molecule has 7 nitrogen and oxygen atoms in total. The molecule has 3 rings (SSSR count). The van der Waals surface area contributed by atoms with Crippen molar-refractivity contribution in [2.24, 2.45) is 0 Å². The molecule has 2 amide bonds. The molecule has 0 aliphatic rings. The van der Waals surface area contributed by atoms with Crippen LogP contribution in [0.15, 0.2) is 53.0 Å². The van der Waals surface area contributed by atoms with Crippen molar-refractivity contribution in [3.63, 3.8) is 0 Å². The van der Waals surface area contributed by atoms with Gasteiger partial charge in [-0.15, -0.1) is 5.10 Å². The summed E-state index contributed by atoms with van der Waals surface area (Å²) < 4.78 is 2.29. The van der Waals surface area contributed by atoms with Crippen molar-refractivity contribution < 1.29 is 9.59 Å². The number of aryl methyl sites for hydroxylation is 1. The number of aromatic nitrogens is 3. The third-order valence-electron chi connectivity index (χ3n) is 3.60. The van der Waals surface area contributed by atoms with Gasteiger partial charge >= 0.3 is 0 Å². The van der Waals surface area contributed by atoms with Crippen LogP contribution < -0.4 is 10.6 Å². The van der Waals surface area contributed by atoms with Gasteiger partial charge in [-0.3, -0.25) is 9.59 Å². The molecule has 0 atom stereocenters. The van der Waals surface area contributed by atoms with Crippen molar-refractivity contribution in [1.82, 2.24) is 20.1 Å². The molecule has 27 heavy (non-hydrogen) atoms. The van der Waals surface area contributed by atoms with Crippen LogP contribution in [-0.2, 0) is 4.79 Å². The number of benzene rings is 2. The molecule has 0 saturated carbocycles. The summed E-state index contributed by atoms with van der Waals surface area (Å²) in [5.74, 6) is -0.367. The maximum atomic E-state index is 12.3. The summed E-state index contributed by atoms with van der Waals surface area (Å²) in [7, 11) is 0. The number of amides is 2. The summed E-state index contributed by atoms with van der Waals surface area (Å²) in [5.41, 5.74) is 1.35. The Morgan fingerprint density at radius 1 is 1.15 bits per heavy atom. The molecule has 0 aliphatic heterocycles. The zero-order valence-electron chi connectivity index (χ0n) is 14.2. The summed E-state index contributed by atoms with van der Waals surface area (Å²) >= 11 is 9.23. The zero-order valence-corrected chi connectivity index (χ0v) is 16.6. The van der Waals surface area contributed by atoms with Gasteiger partial charge in [0.2, 0.25) is 11.7 Å². The van der Waals surface area contributed by atoms with E-state index >= 15 is 0 Å². The fourth-order valence-electron chi connectivity index (χ4n) is 2.31. The van der Waals surface area contributed by atoms with E-state index in [1.807, 2.05) is 12.1 Å². The van der Waals surface area contributed by atoms with Crippen LogP contribution in [0.3, 0.4) is 0 Å². The van der Waals surface area contributed by atoms with Gasteiger partial charge in [0.15, 0.2) is 0 Å². The zero-order chi connectivity index (χ0) is 19.4. The SMILES string of the molecule is Cc1nc(C(=O)NCC(=O)Nc2ccccc2Br)nn1-c1ccc(Cl)cc1. The molecule has 2 aromatic carbocycles.